The zero-order valence-corrected chi connectivity index (χ0v) is 5.86. The Bertz CT molecular complexity index is 145. The van der Waals surface area contributed by atoms with Gasteiger partial charge in [0.15, 0.2) is 0 Å². The number of aliphatic carboxylic acids is 1. The van der Waals surface area contributed by atoms with E-state index in [9.17, 15) is 9.59 Å². The first kappa shape index (κ1) is 9.42. The number of aliphatic hydroxyl groups is 1. The maximum absolute atomic E-state index is 10.2. The van der Waals surface area contributed by atoms with E-state index in [4.69, 9.17) is 10.2 Å². The van der Waals surface area contributed by atoms with Crippen molar-refractivity contribution in [2.45, 2.75) is 12.5 Å². The summed E-state index contributed by atoms with van der Waals surface area (Å²) in [5.41, 5.74) is 0. The van der Waals surface area contributed by atoms with Gasteiger partial charge in [0, 0.05) is 0 Å². The van der Waals surface area contributed by atoms with Gasteiger partial charge >= 0.3 is 64.4 Å². The van der Waals surface area contributed by atoms with Crippen LogP contribution < -0.4 is 0 Å². The number of carboxylic acids is 1. The molecule has 2 N–H and O–H groups in total. The van der Waals surface area contributed by atoms with E-state index in [-0.39, 0.29) is 0 Å². The van der Waals surface area contributed by atoms with E-state index in [1.54, 1.807) is 0 Å². The van der Waals surface area contributed by atoms with Crippen molar-refractivity contribution in [2.75, 3.05) is 0 Å². The average Bonchev–Trinajstić information content (AvgIpc) is 1.87. The number of carboxylic acid groups (broad SMARTS) is 1. The molecule has 0 aliphatic carbocycles. The van der Waals surface area contributed by atoms with Crippen LogP contribution in [0.5, 0.6) is 0 Å². The molecule has 0 saturated heterocycles. The van der Waals surface area contributed by atoms with Crippen molar-refractivity contribution in [3.8, 4) is 0 Å². The van der Waals surface area contributed by atoms with Gasteiger partial charge in [0.1, 0.15) is 0 Å². The molecule has 1 atom stereocenters. The van der Waals surface area contributed by atoms with Gasteiger partial charge in [0.2, 0.25) is 0 Å². The number of hydrogen-bond donors (Lipinski definition) is 2. The van der Waals surface area contributed by atoms with Crippen LogP contribution in [0.4, 0.5) is 0 Å². The van der Waals surface area contributed by atoms with Crippen LogP contribution in [0.3, 0.4) is 0 Å². The van der Waals surface area contributed by atoms with E-state index in [1.807, 2.05) is 0 Å². The summed E-state index contributed by atoms with van der Waals surface area (Å²) in [4.78, 5) is 20.1. The molecule has 0 spiro atoms. The Morgan fingerprint density at radius 1 is 1.60 bits per heavy atom. The van der Waals surface area contributed by atoms with Crippen molar-refractivity contribution < 1.29 is 40.0 Å². The van der Waals surface area contributed by atoms with Gasteiger partial charge in [-0.15, -0.1) is 0 Å². The Labute approximate surface area is 65.1 Å². The zero-order chi connectivity index (χ0) is 8.15. The van der Waals surface area contributed by atoms with Crippen molar-refractivity contribution in [3.05, 3.63) is 0 Å². The second-order valence-corrected chi connectivity index (χ2v) is 1.73. The van der Waals surface area contributed by atoms with E-state index in [0.717, 1.165) is 0 Å². The molecule has 1 unspecified atom stereocenters. The summed E-state index contributed by atoms with van der Waals surface area (Å²) in [6, 6.07) is 0. The van der Waals surface area contributed by atoms with Crippen molar-refractivity contribution >= 4 is 11.9 Å². The molecular weight excluding hydrogens is 184 g/mol. The van der Waals surface area contributed by atoms with Crippen molar-refractivity contribution in [3.63, 3.8) is 0 Å². The molecule has 0 radical (unpaired) electrons. The first-order valence-electron chi connectivity index (χ1n) is 2.29. The monoisotopic (exact) mass is 189 g/mol. The third-order valence-corrected chi connectivity index (χ3v) is 0.977. The Morgan fingerprint density at radius 2 is 2.10 bits per heavy atom. The zero-order valence-electron chi connectivity index (χ0n) is 4.76. The minimum atomic E-state index is -1.70. The Morgan fingerprint density at radius 3 is 2.40 bits per heavy atom. The molecule has 0 amide bonds. The van der Waals surface area contributed by atoms with E-state index in [1.165, 1.54) is 0 Å². The number of carbonyl (C=O) groups excluding carboxylic acids is 1. The molecule has 6 heteroatoms. The molecule has 0 aromatic rings. The van der Waals surface area contributed by atoms with Gasteiger partial charge < -0.3 is 0 Å². The van der Waals surface area contributed by atoms with Crippen LogP contribution in [0.25, 0.3) is 0 Å². The van der Waals surface area contributed by atoms with E-state index in [2.05, 4.69) is 20.2 Å². The van der Waals surface area contributed by atoms with Crippen LogP contribution in [0, 0.1) is 0 Å². The number of carbonyl (C=O) groups is 2. The quantitative estimate of drug-likeness (QED) is 0.546. The third-order valence-electron chi connectivity index (χ3n) is 0.726. The predicted octanol–water partition coefficient (Wildman–Crippen LogP) is -1.17. The molecule has 0 saturated carbocycles. The van der Waals surface area contributed by atoms with Gasteiger partial charge in [-0.1, -0.05) is 0 Å². The molecule has 0 aliphatic rings. The fourth-order valence-corrected chi connectivity index (χ4v) is 0.367. The summed E-state index contributed by atoms with van der Waals surface area (Å²) < 4.78 is 3.86. The summed E-state index contributed by atoms with van der Waals surface area (Å²) in [5.74, 6) is -2.31. The number of aliphatic hydroxyl groups excluding tert-OH is 1. The van der Waals surface area contributed by atoms with Gasteiger partial charge in [0.25, 0.3) is 0 Å². The second kappa shape index (κ2) is 4.27. The van der Waals surface area contributed by atoms with Crippen molar-refractivity contribution in [1.29, 1.82) is 0 Å². The van der Waals surface area contributed by atoms with Crippen LogP contribution in [0.15, 0.2) is 0 Å². The molecule has 0 bridgehead atoms. The van der Waals surface area contributed by atoms with Gasteiger partial charge in [-0.05, 0) is 0 Å². The SMILES string of the molecule is O=C(CC(O)C(=O)O)[O][Fe]. The summed E-state index contributed by atoms with van der Waals surface area (Å²) in [6.07, 6.45) is -2.27. The minimum absolute atomic E-state index is 0.571. The van der Waals surface area contributed by atoms with Crippen molar-refractivity contribution in [1.82, 2.24) is 0 Å². The molecule has 0 heterocycles. The standard InChI is InChI=1S/C4H6O5.Fe/c5-2(4(8)9)1-3(6)7;/h2,5H,1H2,(H,6,7)(H,8,9);/q;+1/p-1. The second-order valence-electron chi connectivity index (χ2n) is 1.50. The summed E-state index contributed by atoms with van der Waals surface area (Å²) >= 11 is 2.74. The average molecular weight is 189 g/mol. The Kier molecular flexibility index (Phi) is 4.02. The van der Waals surface area contributed by atoms with Crippen LogP contribution >= 0.6 is 0 Å². The van der Waals surface area contributed by atoms with Gasteiger partial charge in [0.05, 0.1) is 0 Å². The molecule has 10 heavy (non-hydrogen) atoms. The molecule has 0 rings (SSSR count). The first-order valence-corrected chi connectivity index (χ1v) is 2.74. The summed E-state index contributed by atoms with van der Waals surface area (Å²) in [5, 5.41) is 16.5. The molecular formula is C4H5FeO5. The summed E-state index contributed by atoms with van der Waals surface area (Å²) in [7, 11) is 0. The first-order chi connectivity index (χ1) is 4.57. The van der Waals surface area contributed by atoms with Crippen LogP contribution in [-0.2, 0) is 29.8 Å². The molecule has 0 aliphatic heterocycles. The molecule has 0 aromatic carbocycles. The van der Waals surface area contributed by atoms with Gasteiger partial charge in [-0.3, -0.25) is 0 Å². The third kappa shape index (κ3) is 3.45. The van der Waals surface area contributed by atoms with Gasteiger partial charge in [-0.25, -0.2) is 0 Å². The summed E-state index contributed by atoms with van der Waals surface area (Å²) in [6.45, 7) is 0. The number of hydrogen-bond acceptors (Lipinski definition) is 4. The Balaban J connectivity index is 3.68. The number of rotatable bonds is 3. The van der Waals surface area contributed by atoms with E-state index < -0.39 is 24.5 Å². The van der Waals surface area contributed by atoms with Crippen LogP contribution in [0.1, 0.15) is 6.42 Å². The predicted molar refractivity (Wildman–Crippen MR) is 24.4 cm³/mol. The fraction of sp³-hybridized carbons (Fsp3) is 0.500. The van der Waals surface area contributed by atoms with Crippen LogP contribution in [-0.4, -0.2) is 28.3 Å². The molecule has 0 aromatic heterocycles. The molecule has 59 valence electrons. The van der Waals surface area contributed by atoms with Gasteiger partial charge in [-0.2, -0.15) is 0 Å². The van der Waals surface area contributed by atoms with E-state index in [0.29, 0.717) is 0 Å². The maximum atomic E-state index is 10.2. The topological polar surface area (TPSA) is 83.8 Å². The normalized spacial score (nSPS) is 12.2. The fourth-order valence-electron chi connectivity index (χ4n) is 0.275. The van der Waals surface area contributed by atoms with E-state index >= 15 is 0 Å². The van der Waals surface area contributed by atoms with Crippen LogP contribution in [0.2, 0.25) is 0 Å². The molecule has 5 nitrogen and oxygen atoms in total. The Hall–Kier alpha value is -0.581. The molecule has 0 fully saturated rings. The van der Waals surface area contributed by atoms with Crippen molar-refractivity contribution in [2.24, 2.45) is 0 Å².